The highest BCUT2D eigenvalue weighted by Gasteiger charge is 2.26. The van der Waals surface area contributed by atoms with Crippen LogP contribution in [0.5, 0.6) is 0 Å². The summed E-state index contributed by atoms with van der Waals surface area (Å²) in [4.78, 5) is 28.2. The molecule has 6 heteroatoms. The number of nitrogens with one attached hydrogen (secondary N) is 1. The first-order chi connectivity index (χ1) is 13.7. The van der Waals surface area contributed by atoms with Gasteiger partial charge in [-0.3, -0.25) is 4.79 Å². The fourth-order valence-electron chi connectivity index (χ4n) is 3.25. The summed E-state index contributed by atoms with van der Waals surface area (Å²) in [5.74, 6) is 0.193. The largest absolute Gasteiger partial charge is 0.459 e. The third-order valence-electron chi connectivity index (χ3n) is 4.83. The highest BCUT2D eigenvalue weighted by atomic mass is 16.3. The van der Waals surface area contributed by atoms with Crippen LogP contribution >= 0.6 is 0 Å². The van der Waals surface area contributed by atoms with Gasteiger partial charge >= 0.3 is 6.03 Å². The van der Waals surface area contributed by atoms with Crippen LogP contribution in [0.1, 0.15) is 10.6 Å². The Labute approximate surface area is 163 Å². The molecule has 0 saturated carbocycles. The van der Waals surface area contributed by atoms with Crippen molar-refractivity contribution in [1.82, 2.24) is 9.80 Å². The average molecular weight is 375 g/mol. The number of benzene rings is 2. The van der Waals surface area contributed by atoms with Gasteiger partial charge in [0.15, 0.2) is 5.76 Å². The number of urea groups is 1. The second kappa shape index (κ2) is 8.00. The Morgan fingerprint density at radius 3 is 2.04 bits per heavy atom. The van der Waals surface area contributed by atoms with E-state index in [0.29, 0.717) is 31.9 Å². The fraction of sp³-hybridized carbons (Fsp3) is 0.182. The van der Waals surface area contributed by atoms with Gasteiger partial charge in [-0.2, -0.15) is 0 Å². The third-order valence-corrected chi connectivity index (χ3v) is 4.83. The smallest absolute Gasteiger partial charge is 0.321 e. The molecule has 1 fully saturated rings. The lowest BCUT2D eigenvalue weighted by atomic mass is 10.1. The van der Waals surface area contributed by atoms with Crippen LogP contribution < -0.4 is 5.32 Å². The molecule has 0 atom stereocenters. The van der Waals surface area contributed by atoms with E-state index in [2.05, 4.69) is 17.4 Å². The van der Waals surface area contributed by atoms with Crippen LogP contribution in [0.25, 0.3) is 11.1 Å². The molecule has 1 N–H and O–H groups in total. The second-order valence-electron chi connectivity index (χ2n) is 6.63. The zero-order valence-electron chi connectivity index (χ0n) is 15.4. The summed E-state index contributed by atoms with van der Waals surface area (Å²) < 4.78 is 5.16. The molecule has 0 unspecified atom stereocenters. The molecule has 0 aliphatic carbocycles. The number of hydrogen-bond acceptors (Lipinski definition) is 3. The molecule has 3 amide bonds. The Morgan fingerprint density at radius 1 is 0.750 bits per heavy atom. The van der Waals surface area contributed by atoms with Crippen LogP contribution in [0.3, 0.4) is 0 Å². The number of piperazine rings is 1. The molecule has 0 spiro atoms. The summed E-state index contributed by atoms with van der Waals surface area (Å²) in [7, 11) is 0. The lowest BCUT2D eigenvalue weighted by Gasteiger charge is -2.34. The monoisotopic (exact) mass is 375 g/mol. The maximum absolute atomic E-state index is 12.5. The number of hydrogen-bond donors (Lipinski definition) is 1. The van der Waals surface area contributed by atoms with Crippen molar-refractivity contribution in [3.05, 3.63) is 78.8 Å². The standard InChI is InChI=1S/C22H21N3O3/c26-21(20-7-4-16-28-20)24-12-14-25(15-13-24)22(27)23-19-10-8-18(9-11-19)17-5-2-1-3-6-17/h1-11,16H,12-15H2,(H,23,27). The Kier molecular flexibility index (Phi) is 5.10. The Bertz CT molecular complexity index is 929. The first-order valence-electron chi connectivity index (χ1n) is 9.25. The van der Waals surface area contributed by atoms with Gasteiger partial charge in [-0.05, 0) is 35.4 Å². The molecule has 0 radical (unpaired) electrons. The molecular weight excluding hydrogens is 354 g/mol. The number of amides is 3. The molecule has 2 heterocycles. The zero-order valence-corrected chi connectivity index (χ0v) is 15.4. The van der Waals surface area contributed by atoms with E-state index in [-0.39, 0.29) is 11.9 Å². The number of rotatable bonds is 3. The van der Waals surface area contributed by atoms with Crippen molar-refractivity contribution in [1.29, 1.82) is 0 Å². The van der Waals surface area contributed by atoms with E-state index < -0.39 is 0 Å². The molecule has 0 bridgehead atoms. The number of nitrogens with zero attached hydrogens (tertiary/aromatic N) is 2. The van der Waals surface area contributed by atoms with Crippen molar-refractivity contribution in [2.24, 2.45) is 0 Å². The van der Waals surface area contributed by atoms with E-state index in [1.807, 2.05) is 42.5 Å². The molecular formula is C22H21N3O3. The van der Waals surface area contributed by atoms with E-state index in [1.165, 1.54) is 6.26 Å². The zero-order chi connectivity index (χ0) is 19.3. The summed E-state index contributed by atoms with van der Waals surface area (Å²) in [5, 5.41) is 2.93. The lowest BCUT2D eigenvalue weighted by Crippen LogP contribution is -2.51. The summed E-state index contributed by atoms with van der Waals surface area (Å²) in [6.07, 6.45) is 1.49. The summed E-state index contributed by atoms with van der Waals surface area (Å²) in [5.41, 5.74) is 2.99. The molecule has 1 aliphatic rings. The Balaban J connectivity index is 1.32. The van der Waals surface area contributed by atoms with Gasteiger partial charge in [0.2, 0.25) is 0 Å². The summed E-state index contributed by atoms with van der Waals surface area (Å²) >= 11 is 0. The summed E-state index contributed by atoms with van der Waals surface area (Å²) in [6, 6.07) is 21.1. The maximum atomic E-state index is 12.5. The van der Waals surface area contributed by atoms with Gasteiger partial charge in [0, 0.05) is 31.9 Å². The quantitative estimate of drug-likeness (QED) is 0.754. The van der Waals surface area contributed by atoms with E-state index in [9.17, 15) is 9.59 Å². The van der Waals surface area contributed by atoms with Crippen LogP contribution in [0.4, 0.5) is 10.5 Å². The highest BCUT2D eigenvalue weighted by molar-refractivity contribution is 5.92. The predicted octanol–water partition coefficient (Wildman–Crippen LogP) is 3.94. The van der Waals surface area contributed by atoms with Gasteiger partial charge in [-0.15, -0.1) is 0 Å². The molecule has 3 aromatic rings. The van der Waals surface area contributed by atoms with Crippen molar-refractivity contribution >= 4 is 17.6 Å². The molecule has 6 nitrogen and oxygen atoms in total. The highest BCUT2D eigenvalue weighted by Crippen LogP contribution is 2.21. The minimum Gasteiger partial charge on any atom is -0.459 e. The maximum Gasteiger partial charge on any atom is 0.321 e. The van der Waals surface area contributed by atoms with Gasteiger partial charge in [0.1, 0.15) is 0 Å². The normalized spacial score (nSPS) is 14.0. The van der Waals surface area contributed by atoms with Crippen molar-refractivity contribution in [3.63, 3.8) is 0 Å². The predicted molar refractivity (Wildman–Crippen MR) is 107 cm³/mol. The molecule has 2 aromatic carbocycles. The van der Waals surface area contributed by atoms with Crippen molar-refractivity contribution in [2.45, 2.75) is 0 Å². The van der Waals surface area contributed by atoms with E-state index in [0.717, 1.165) is 16.8 Å². The van der Waals surface area contributed by atoms with Crippen LogP contribution in [-0.4, -0.2) is 47.9 Å². The van der Waals surface area contributed by atoms with E-state index in [4.69, 9.17) is 4.42 Å². The fourth-order valence-corrected chi connectivity index (χ4v) is 3.25. The molecule has 28 heavy (non-hydrogen) atoms. The van der Waals surface area contributed by atoms with Gasteiger partial charge in [-0.25, -0.2) is 4.79 Å². The van der Waals surface area contributed by atoms with Crippen LogP contribution in [0, 0.1) is 0 Å². The topological polar surface area (TPSA) is 65.8 Å². The first kappa shape index (κ1) is 17.9. The number of furan rings is 1. The van der Waals surface area contributed by atoms with Crippen LogP contribution in [-0.2, 0) is 0 Å². The number of carbonyl (C=O) groups is 2. The minimum absolute atomic E-state index is 0.137. The van der Waals surface area contributed by atoms with Gasteiger partial charge in [-0.1, -0.05) is 42.5 Å². The molecule has 4 rings (SSSR count). The van der Waals surface area contributed by atoms with E-state index in [1.54, 1.807) is 21.9 Å². The molecule has 1 aromatic heterocycles. The van der Waals surface area contributed by atoms with Crippen molar-refractivity contribution in [3.8, 4) is 11.1 Å². The van der Waals surface area contributed by atoms with Crippen molar-refractivity contribution in [2.75, 3.05) is 31.5 Å². The van der Waals surface area contributed by atoms with Crippen LogP contribution in [0.2, 0.25) is 0 Å². The lowest BCUT2D eigenvalue weighted by molar-refractivity contribution is 0.0640. The van der Waals surface area contributed by atoms with Gasteiger partial charge in [0.05, 0.1) is 6.26 Å². The third kappa shape index (κ3) is 3.91. The SMILES string of the molecule is O=C(Nc1ccc(-c2ccccc2)cc1)N1CCN(C(=O)c2ccco2)CC1. The van der Waals surface area contributed by atoms with Crippen molar-refractivity contribution < 1.29 is 14.0 Å². The Hall–Kier alpha value is -3.54. The minimum atomic E-state index is -0.155. The Morgan fingerprint density at radius 2 is 1.39 bits per heavy atom. The summed E-state index contributed by atoms with van der Waals surface area (Å²) in [6.45, 7) is 1.94. The molecule has 1 saturated heterocycles. The number of anilines is 1. The van der Waals surface area contributed by atoms with E-state index >= 15 is 0 Å². The first-order valence-corrected chi connectivity index (χ1v) is 9.25. The molecule has 1 aliphatic heterocycles. The van der Waals surface area contributed by atoms with Crippen LogP contribution in [0.15, 0.2) is 77.4 Å². The number of carbonyl (C=O) groups excluding carboxylic acids is 2. The van der Waals surface area contributed by atoms with Gasteiger partial charge in [0.25, 0.3) is 5.91 Å². The second-order valence-corrected chi connectivity index (χ2v) is 6.63. The average Bonchev–Trinajstić information content (AvgIpc) is 3.29. The molecule has 142 valence electrons. The van der Waals surface area contributed by atoms with Gasteiger partial charge < -0.3 is 19.5 Å².